The minimum Gasteiger partial charge on any atom is -0.311 e. The highest BCUT2D eigenvalue weighted by atomic mass is 15.1. The third kappa shape index (κ3) is 8.62. The Morgan fingerprint density at radius 2 is 0.878 bits per heavy atom. The Morgan fingerprint density at radius 1 is 0.510 bits per heavy atom. The van der Waals surface area contributed by atoms with Crippen LogP contribution in [0.5, 0.6) is 0 Å². The molecule has 0 unspecified atom stereocenters. The van der Waals surface area contributed by atoms with Crippen LogP contribution in [0.4, 0.5) is 17.1 Å². The molecule has 3 aromatic carbocycles. The van der Waals surface area contributed by atoms with E-state index < -0.39 is 0 Å². The van der Waals surface area contributed by atoms with E-state index in [9.17, 15) is 21.0 Å². The number of allylic oxidation sites excluding steroid dienone is 10. The maximum absolute atomic E-state index is 9.41. The van der Waals surface area contributed by atoms with E-state index in [4.69, 9.17) is 0 Å². The summed E-state index contributed by atoms with van der Waals surface area (Å²) >= 11 is 0. The number of benzene rings is 3. The largest absolute Gasteiger partial charge is 0.311 e. The highest BCUT2D eigenvalue weighted by molar-refractivity contribution is 5.77. The van der Waals surface area contributed by atoms with Crippen molar-refractivity contribution in [1.29, 1.82) is 21.0 Å². The molecule has 240 valence electrons. The molecule has 3 aromatic rings. The summed E-state index contributed by atoms with van der Waals surface area (Å²) in [7, 11) is 0. The van der Waals surface area contributed by atoms with E-state index >= 15 is 0 Å². The van der Waals surface area contributed by atoms with Gasteiger partial charge in [-0.1, -0.05) is 107 Å². The standard InChI is InChI=1S/C44H39N5/c1-43(2)24-34(22-36(26-43)38(28-45)29-46)12-10-32-14-18-41(19-15-32)49(40-8-6-5-7-9-40)42-20-16-33(17-21-42)11-13-35-23-37(39(30-47)31-48)27-44(3,4)25-35/h5-23H,24-27H2,1-4H3/b12-10+,13-11+. The van der Waals surface area contributed by atoms with E-state index in [1.807, 2.05) is 30.4 Å². The van der Waals surface area contributed by atoms with E-state index in [1.54, 1.807) is 0 Å². The first-order valence-corrected chi connectivity index (χ1v) is 16.4. The summed E-state index contributed by atoms with van der Waals surface area (Å²) in [5.41, 5.74) is 9.38. The molecule has 0 aliphatic heterocycles. The molecule has 0 saturated carbocycles. The smallest absolute Gasteiger partial charge is 0.132 e. The second kappa shape index (κ2) is 14.7. The summed E-state index contributed by atoms with van der Waals surface area (Å²) in [6, 6.07) is 35.4. The Kier molecular flexibility index (Phi) is 10.3. The summed E-state index contributed by atoms with van der Waals surface area (Å²) in [5.74, 6) is 0. The van der Waals surface area contributed by atoms with Crippen LogP contribution in [0, 0.1) is 56.2 Å². The van der Waals surface area contributed by atoms with Gasteiger partial charge in [-0.25, -0.2) is 0 Å². The fourth-order valence-corrected chi connectivity index (χ4v) is 6.69. The quantitative estimate of drug-likeness (QED) is 0.240. The van der Waals surface area contributed by atoms with Crippen molar-refractivity contribution < 1.29 is 0 Å². The molecule has 5 nitrogen and oxygen atoms in total. The van der Waals surface area contributed by atoms with Crippen LogP contribution in [0.25, 0.3) is 12.2 Å². The topological polar surface area (TPSA) is 98.4 Å². The molecule has 49 heavy (non-hydrogen) atoms. The first-order chi connectivity index (χ1) is 23.5. The summed E-state index contributed by atoms with van der Waals surface area (Å²) in [6.07, 6.45) is 15.5. The zero-order chi connectivity index (χ0) is 35.0. The third-order valence-electron chi connectivity index (χ3n) is 8.81. The molecule has 0 heterocycles. The maximum atomic E-state index is 9.41. The lowest BCUT2D eigenvalue weighted by Gasteiger charge is -2.30. The van der Waals surface area contributed by atoms with Crippen molar-refractivity contribution in [3.8, 4) is 24.3 Å². The number of nitrogens with zero attached hydrogens (tertiary/aromatic N) is 5. The lowest BCUT2D eigenvalue weighted by Crippen LogP contribution is -2.17. The predicted molar refractivity (Wildman–Crippen MR) is 198 cm³/mol. The van der Waals surface area contributed by atoms with Crippen molar-refractivity contribution in [2.45, 2.75) is 53.4 Å². The van der Waals surface area contributed by atoms with Gasteiger partial charge in [0, 0.05) is 17.1 Å². The molecule has 0 saturated heterocycles. The fourth-order valence-electron chi connectivity index (χ4n) is 6.69. The predicted octanol–water partition coefficient (Wildman–Crippen LogP) is 11.4. The SMILES string of the molecule is CC1(C)CC(/C=C/c2ccc(N(c3ccccc3)c3ccc(/C=C/C4=CC(=C(C#N)C#N)CC(C)(C)C4)cc3)cc2)=CC(=C(C#N)C#N)C1. The monoisotopic (exact) mass is 637 g/mol. The number of hydrogen-bond donors (Lipinski definition) is 0. The molecular formula is C44H39N5. The number of anilines is 3. The minimum atomic E-state index is -0.0286. The number of rotatable bonds is 7. The molecule has 2 aliphatic rings. The van der Waals surface area contributed by atoms with Crippen molar-refractivity contribution in [1.82, 2.24) is 0 Å². The van der Waals surface area contributed by atoms with Gasteiger partial charge >= 0.3 is 0 Å². The first-order valence-electron chi connectivity index (χ1n) is 16.4. The van der Waals surface area contributed by atoms with Gasteiger partial charge < -0.3 is 4.90 Å². The average molecular weight is 638 g/mol. The van der Waals surface area contributed by atoms with Gasteiger partial charge in [0.15, 0.2) is 0 Å². The normalized spacial score (nSPS) is 16.5. The van der Waals surface area contributed by atoms with Gasteiger partial charge in [0.2, 0.25) is 0 Å². The molecule has 5 rings (SSSR count). The van der Waals surface area contributed by atoms with Crippen LogP contribution in [-0.2, 0) is 0 Å². The lowest BCUT2D eigenvalue weighted by atomic mass is 9.74. The average Bonchev–Trinajstić information content (AvgIpc) is 3.08. The molecule has 0 radical (unpaired) electrons. The number of hydrogen-bond acceptors (Lipinski definition) is 5. The van der Waals surface area contributed by atoms with Gasteiger partial charge in [0.1, 0.15) is 35.4 Å². The molecule has 0 aromatic heterocycles. The van der Waals surface area contributed by atoms with Crippen LogP contribution >= 0.6 is 0 Å². The Bertz CT molecular complexity index is 1910. The second-order valence-electron chi connectivity index (χ2n) is 14.2. The van der Waals surface area contributed by atoms with Crippen LogP contribution in [0.15, 0.2) is 137 Å². The molecule has 0 amide bonds. The minimum absolute atomic E-state index is 0.0286. The van der Waals surface area contributed by atoms with Crippen molar-refractivity contribution in [3.05, 3.63) is 148 Å². The van der Waals surface area contributed by atoms with Crippen molar-refractivity contribution in [2.24, 2.45) is 10.8 Å². The van der Waals surface area contributed by atoms with Gasteiger partial charge in [-0.15, -0.1) is 0 Å². The van der Waals surface area contributed by atoms with Gasteiger partial charge in [-0.05, 0) is 106 Å². The van der Waals surface area contributed by atoms with E-state index in [0.29, 0.717) is 12.8 Å². The second-order valence-corrected chi connectivity index (χ2v) is 14.2. The Labute approximate surface area is 290 Å². The van der Waals surface area contributed by atoms with Gasteiger partial charge in [-0.2, -0.15) is 21.0 Å². The van der Waals surface area contributed by atoms with Crippen LogP contribution in [-0.4, -0.2) is 0 Å². The van der Waals surface area contributed by atoms with Crippen molar-refractivity contribution in [3.63, 3.8) is 0 Å². The Balaban J connectivity index is 1.39. The number of para-hydroxylation sites is 1. The maximum Gasteiger partial charge on any atom is 0.132 e. The lowest BCUT2D eigenvalue weighted by molar-refractivity contribution is 0.354. The third-order valence-corrected chi connectivity index (χ3v) is 8.81. The van der Waals surface area contributed by atoms with Gasteiger partial charge in [0.05, 0.1) is 0 Å². The summed E-state index contributed by atoms with van der Waals surface area (Å²) < 4.78 is 0. The molecule has 0 atom stereocenters. The van der Waals surface area contributed by atoms with E-state index in [2.05, 4.69) is 142 Å². The van der Waals surface area contributed by atoms with Crippen molar-refractivity contribution >= 4 is 29.2 Å². The first kappa shape index (κ1) is 34.2. The van der Waals surface area contributed by atoms with E-state index in [1.165, 1.54) is 0 Å². The molecule has 0 bridgehead atoms. The molecule has 5 heteroatoms. The Morgan fingerprint density at radius 3 is 1.24 bits per heavy atom. The molecule has 0 spiro atoms. The van der Waals surface area contributed by atoms with Crippen LogP contribution in [0.3, 0.4) is 0 Å². The van der Waals surface area contributed by atoms with Crippen LogP contribution in [0.2, 0.25) is 0 Å². The number of nitriles is 4. The molecule has 2 aliphatic carbocycles. The highest BCUT2D eigenvalue weighted by Gasteiger charge is 2.27. The summed E-state index contributed by atoms with van der Waals surface area (Å²) in [5, 5.41) is 37.7. The zero-order valence-electron chi connectivity index (χ0n) is 28.5. The van der Waals surface area contributed by atoms with Crippen LogP contribution in [0.1, 0.15) is 64.5 Å². The Hall–Kier alpha value is -6.14. The van der Waals surface area contributed by atoms with E-state index in [-0.39, 0.29) is 22.0 Å². The molecule has 0 N–H and O–H groups in total. The van der Waals surface area contributed by atoms with Crippen LogP contribution < -0.4 is 4.90 Å². The summed E-state index contributed by atoms with van der Waals surface area (Å²) in [6.45, 7) is 8.67. The van der Waals surface area contributed by atoms with Gasteiger partial charge in [0.25, 0.3) is 0 Å². The fraction of sp³-hybridized carbons (Fsp3) is 0.227. The van der Waals surface area contributed by atoms with Crippen molar-refractivity contribution in [2.75, 3.05) is 4.90 Å². The van der Waals surface area contributed by atoms with E-state index in [0.717, 1.165) is 63.3 Å². The summed E-state index contributed by atoms with van der Waals surface area (Å²) in [4.78, 5) is 2.23. The highest BCUT2D eigenvalue weighted by Crippen LogP contribution is 2.41. The zero-order valence-corrected chi connectivity index (χ0v) is 28.5. The van der Waals surface area contributed by atoms with Gasteiger partial charge in [-0.3, -0.25) is 0 Å². The molecular weight excluding hydrogens is 599 g/mol. The molecule has 0 fully saturated rings.